The van der Waals surface area contributed by atoms with Gasteiger partial charge < -0.3 is 5.32 Å². The van der Waals surface area contributed by atoms with Crippen molar-refractivity contribution in [3.8, 4) is 0 Å². The Balaban J connectivity index is 1.68. The van der Waals surface area contributed by atoms with Crippen LogP contribution in [-0.2, 0) is 0 Å². The summed E-state index contributed by atoms with van der Waals surface area (Å²) in [6.45, 7) is 2.61. The molecule has 0 aromatic carbocycles. The van der Waals surface area contributed by atoms with Crippen LogP contribution in [-0.4, -0.2) is 42.8 Å². The normalized spacial score (nSPS) is 25.9. The molecule has 1 saturated heterocycles. The summed E-state index contributed by atoms with van der Waals surface area (Å²) >= 11 is 0. The smallest absolute Gasteiger partial charge is 0.311 e. The number of hydrogen-bond acceptors (Lipinski definition) is 2. The fraction of sp³-hybridized carbons (Fsp3) is 1.00. The van der Waals surface area contributed by atoms with Gasteiger partial charge in [-0.25, -0.2) is 0 Å². The zero-order valence-electron chi connectivity index (χ0n) is 11.7. The van der Waals surface area contributed by atoms with Crippen LogP contribution in [0.4, 0.5) is 13.2 Å². The van der Waals surface area contributed by atoms with E-state index in [9.17, 15) is 13.2 Å². The van der Waals surface area contributed by atoms with Crippen LogP contribution in [0.5, 0.6) is 0 Å². The second kappa shape index (κ2) is 6.44. The highest BCUT2D eigenvalue weighted by atomic mass is 19.4. The first-order valence-electron chi connectivity index (χ1n) is 7.49. The zero-order chi connectivity index (χ0) is 13.9. The maximum atomic E-state index is 12.3. The molecule has 1 heterocycles. The average Bonchev–Trinajstić information content (AvgIpc) is 2.83. The van der Waals surface area contributed by atoms with Gasteiger partial charge >= 0.3 is 6.18 Å². The third-order valence-electron chi connectivity index (χ3n) is 4.60. The van der Waals surface area contributed by atoms with Crippen molar-refractivity contribution in [3.05, 3.63) is 0 Å². The molecule has 0 aromatic heterocycles. The van der Waals surface area contributed by atoms with E-state index in [2.05, 4.69) is 12.2 Å². The molecule has 0 unspecified atom stereocenters. The SMILES string of the molecule is C[C@@H](NC1CCN(CC(F)(F)F)CC1)C1CCCC1. The van der Waals surface area contributed by atoms with Crippen LogP contribution in [0.1, 0.15) is 45.4 Å². The molecule has 1 aliphatic heterocycles. The number of halogens is 3. The van der Waals surface area contributed by atoms with Crippen molar-refractivity contribution in [2.75, 3.05) is 19.6 Å². The first kappa shape index (κ1) is 15.1. The van der Waals surface area contributed by atoms with Crippen molar-refractivity contribution < 1.29 is 13.2 Å². The predicted molar refractivity (Wildman–Crippen MR) is 70.1 cm³/mol. The fourth-order valence-electron chi connectivity index (χ4n) is 3.48. The van der Waals surface area contributed by atoms with Crippen LogP contribution in [0, 0.1) is 5.92 Å². The van der Waals surface area contributed by atoms with Crippen molar-refractivity contribution in [1.29, 1.82) is 0 Å². The van der Waals surface area contributed by atoms with E-state index >= 15 is 0 Å². The summed E-state index contributed by atoms with van der Waals surface area (Å²) in [4.78, 5) is 1.53. The lowest BCUT2D eigenvalue weighted by Crippen LogP contribution is -2.48. The lowest BCUT2D eigenvalue weighted by atomic mass is 9.96. The van der Waals surface area contributed by atoms with Gasteiger partial charge in [0.25, 0.3) is 0 Å². The van der Waals surface area contributed by atoms with Crippen molar-refractivity contribution in [1.82, 2.24) is 10.2 Å². The molecule has 0 spiro atoms. The van der Waals surface area contributed by atoms with Crippen molar-refractivity contribution in [2.24, 2.45) is 5.92 Å². The Labute approximate surface area is 113 Å². The molecule has 0 bridgehead atoms. The molecule has 1 aliphatic carbocycles. The highest BCUT2D eigenvalue weighted by molar-refractivity contribution is 4.84. The minimum absolute atomic E-state index is 0.403. The molecule has 1 N–H and O–H groups in total. The van der Waals surface area contributed by atoms with Crippen LogP contribution in [0.2, 0.25) is 0 Å². The minimum atomic E-state index is -4.06. The van der Waals surface area contributed by atoms with Crippen molar-refractivity contribution in [3.63, 3.8) is 0 Å². The van der Waals surface area contributed by atoms with Gasteiger partial charge in [0.2, 0.25) is 0 Å². The number of nitrogens with zero attached hydrogens (tertiary/aromatic N) is 1. The highest BCUT2D eigenvalue weighted by Gasteiger charge is 2.33. The monoisotopic (exact) mass is 278 g/mol. The lowest BCUT2D eigenvalue weighted by Gasteiger charge is -2.35. The minimum Gasteiger partial charge on any atom is -0.311 e. The molecule has 19 heavy (non-hydrogen) atoms. The molecular formula is C14H25F3N2. The number of hydrogen-bond donors (Lipinski definition) is 1. The van der Waals surface area contributed by atoms with Crippen molar-refractivity contribution >= 4 is 0 Å². The topological polar surface area (TPSA) is 15.3 Å². The van der Waals surface area contributed by atoms with E-state index in [1.54, 1.807) is 0 Å². The summed E-state index contributed by atoms with van der Waals surface area (Å²) in [5.74, 6) is 0.771. The van der Waals surface area contributed by atoms with Crippen LogP contribution < -0.4 is 5.32 Å². The third-order valence-corrected chi connectivity index (χ3v) is 4.60. The number of alkyl halides is 3. The third kappa shape index (κ3) is 4.95. The Morgan fingerprint density at radius 1 is 1.11 bits per heavy atom. The molecule has 2 nitrogen and oxygen atoms in total. The Kier molecular flexibility index (Phi) is 5.12. The highest BCUT2D eigenvalue weighted by Crippen LogP contribution is 2.28. The standard InChI is InChI=1S/C14H25F3N2/c1-11(12-4-2-3-5-12)18-13-6-8-19(9-7-13)10-14(15,16)17/h11-13,18H,2-10H2,1H3/t11-/m1/s1. The summed E-state index contributed by atoms with van der Waals surface area (Å²) in [5, 5.41) is 3.64. The van der Waals surface area contributed by atoms with E-state index in [-0.39, 0.29) is 0 Å². The van der Waals surface area contributed by atoms with Gasteiger partial charge in [0, 0.05) is 12.1 Å². The number of rotatable bonds is 4. The van der Waals surface area contributed by atoms with E-state index in [4.69, 9.17) is 0 Å². The lowest BCUT2D eigenvalue weighted by molar-refractivity contribution is -0.148. The molecule has 0 radical (unpaired) electrons. The summed E-state index contributed by atoms with van der Waals surface area (Å²) < 4.78 is 36.9. The molecular weight excluding hydrogens is 253 g/mol. The van der Waals surface area contributed by atoms with E-state index in [0.29, 0.717) is 25.2 Å². The van der Waals surface area contributed by atoms with E-state index in [1.165, 1.54) is 30.6 Å². The van der Waals surface area contributed by atoms with Gasteiger partial charge in [-0.2, -0.15) is 13.2 Å². The largest absolute Gasteiger partial charge is 0.401 e. The summed E-state index contributed by atoms with van der Waals surface area (Å²) in [7, 11) is 0. The molecule has 2 fully saturated rings. The fourth-order valence-corrected chi connectivity index (χ4v) is 3.48. The van der Waals surface area contributed by atoms with Crippen LogP contribution in [0.3, 0.4) is 0 Å². The van der Waals surface area contributed by atoms with Gasteiger partial charge in [-0.3, -0.25) is 4.90 Å². The Morgan fingerprint density at radius 3 is 2.21 bits per heavy atom. The number of piperidine rings is 1. The van der Waals surface area contributed by atoms with Gasteiger partial charge in [-0.05, 0) is 51.6 Å². The Bertz CT molecular complexity index is 266. The molecule has 2 aliphatic rings. The Morgan fingerprint density at radius 2 is 1.68 bits per heavy atom. The van der Waals surface area contributed by atoms with Gasteiger partial charge in [0.15, 0.2) is 0 Å². The molecule has 1 saturated carbocycles. The molecule has 0 aromatic rings. The molecule has 1 atom stereocenters. The number of nitrogens with one attached hydrogen (secondary N) is 1. The first-order valence-corrected chi connectivity index (χ1v) is 7.49. The molecule has 112 valence electrons. The first-order chi connectivity index (χ1) is 8.94. The maximum absolute atomic E-state index is 12.3. The molecule has 5 heteroatoms. The van der Waals surface area contributed by atoms with E-state index in [0.717, 1.165) is 18.8 Å². The second-order valence-electron chi connectivity index (χ2n) is 6.17. The number of likely N-dealkylation sites (tertiary alicyclic amines) is 1. The van der Waals surface area contributed by atoms with E-state index in [1.807, 2.05) is 0 Å². The van der Waals surface area contributed by atoms with Gasteiger partial charge in [0.05, 0.1) is 6.54 Å². The quantitative estimate of drug-likeness (QED) is 0.849. The summed E-state index contributed by atoms with van der Waals surface area (Å²) in [6.07, 6.45) is 2.90. The predicted octanol–water partition coefficient (Wildman–Crippen LogP) is 3.18. The molecule has 2 rings (SSSR count). The zero-order valence-corrected chi connectivity index (χ0v) is 11.7. The Hall–Kier alpha value is -0.290. The van der Waals surface area contributed by atoms with Gasteiger partial charge in [0.1, 0.15) is 0 Å². The maximum Gasteiger partial charge on any atom is 0.401 e. The second-order valence-corrected chi connectivity index (χ2v) is 6.17. The average molecular weight is 278 g/mol. The summed E-state index contributed by atoms with van der Waals surface area (Å²) in [6, 6.07) is 0.918. The van der Waals surface area contributed by atoms with E-state index < -0.39 is 12.7 Å². The van der Waals surface area contributed by atoms with Crippen LogP contribution >= 0.6 is 0 Å². The van der Waals surface area contributed by atoms with Crippen LogP contribution in [0.25, 0.3) is 0 Å². The summed E-state index contributed by atoms with van der Waals surface area (Å²) in [5.41, 5.74) is 0. The molecule has 0 amide bonds. The van der Waals surface area contributed by atoms with Crippen molar-refractivity contribution in [2.45, 2.75) is 63.7 Å². The van der Waals surface area contributed by atoms with Crippen LogP contribution in [0.15, 0.2) is 0 Å². The van der Waals surface area contributed by atoms with Gasteiger partial charge in [-0.1, -0.05) is 12.8 Å². The van der Waals surface area contributed by atoms with Gasteiger partial charge in [-0.15, -0.1) is 0 Å².